The van der Waals surface area contributed by atoms with Crippen molar-refractivity contribution in [2.75, 3.05) is 5.32 Å². The molecule has 110 valence electrons. The molecule has 0 aliphatic heterocycles. The van der Waals surface area contributed by atoms with Crippen LogP contribution in [0.5, 0.6) is 0 Å². The van der Waals surface area contributed by atoms with Gasteiger partial charge in [0.15, 0.2) is 0 Å². The maximum Gasteiger partial charge on any atom is 0.311 e. The van der Waals surface area contributed by atoms with E-state index >= 15 is 0 Å². The second-order valence-electron chi connectivity index (χ2n) is 5.25. The molecule has 2 atom stereocenters. The fourth-order valence-electron chi connectivity index (χ4n) is 2.74. The summed E-state index contributed by atoms with van der Waals surface area (Å²) in [7, 11) is 0. The lowest BCUT2D eigenvalue weighted by atomic mass is 10.1. The van der Waals surface area contributed by atoms with E-state index in [0.29, 0.717) is 23.0 Å². The van der Waals surface area contributed by atoms with Gasteiger partial charge in [0.2, 0.25) is 0 Å². The fraction of sp³-hybridized carbons (Fsp3) is 0.357. The predicted molar refractivity (Wildman–Crippen MR) is 83.4 cm³/mol. The van der Waals surface area contributed by atoms with Gasteiger partial charge >= 0.3 is 5.69 Å². The highest BCUT2D eigenvalue weighted by atomic mass is 79.9. The second kappa shape index (κ2) is 5.57. The number of halogens is 1. The number of nitrogens with zero attached hydrogens (tertiary/aromatic N) is 2. The molecule has 3 rings (SSSR count). The van der Waals surface area contributed by atoms with Crippen LogP contribution in [0.2, 0.25) is 0 Å². The summed E-state index contributed by atoms with van der Waals surface area (Å²) in [6.07, 6.45) is 3.08. The molecule has 6 nitrogen and oxygen atoms in total. The molecule has 1 heterocycles. The van der Waals surface area contributed by atoms with E-state index in [1.807, 2.05) is 18.2 Å². The summed E-state index contributed by atoms with van der Waals surface area (Å²) in [5, 5.41) is 24.8. The Labute approximate surface area is 129 Å². The van der Waals surface area contributed by atoms with Crippen molar-refractivity contribution >= 4 is 38.2 Å². The van der Waals surface area contributed by atoms with Gasteiger partial charge in [0.1, 0.15) is 11.9 Å². The van der Waals surface area contributed by atoms with E-state index in [2.05, 4.69) is 26.2 Å². The third-order valence-corrected chi connectivity index (χ3v) is 4.25. The average Bonchev–Trinajstić information content (AvgIpc) is 2.84. The molecule has 2 unspecified atom stereocenters. The SMILES string of the molecule is O=[N+]([O-])c1cnc2ccc(Br)cc2c1NC1CCC(O)C1. The minimum absolute atomic E-state index is 0.0398. The number of aliphatic hydroxyl groups is 1. The minimum atomic E-state index is -0.430. The number of rotatable bonds is 3. The Morgan fingerprint density at radius 3 is 2.90 bits per heavy atom. The van der Waals surface area contributed by atoms with Crippen LogP contribution in [0, 0.1) is 10.1 Å². The number of hydrogen-bond acceptors (Lipinski definition) is 5. The zero-order valence-electron chi connectivity index (χ0n) is 11.1. The molecule has 1 aromatic carbocycles. The van der Waals surface area contributed by atoms with Gasteiger partial charge in [-0.1, -0.05) is 15.9 Å². The van der Waals surface area contributed by atoms with Crippen molar-refractivity contribution < 1.29 is 10.0 Å². The maximum atomic E-state index is 11.3. The van der Waals surface area contributed by atoms with Gasteiger partial charge in [-0.15, -0.1) is 0 Å². The van der Waals surface area contributed by atoms with Crippen molar-refractivity contribution in [1.82, 2.24) is 4.98 Å². The van der Waals surface area contributed by atoms with E-state index in [-0.39, 0.29) is 17.8 Å². The Morgan fingerprint density at radius 1 is 1.43 bits per heavy atom. The Hall–Kier alpha value is -1.73. The first-order valence-electron chi connectivity index (χ1n) is 6.72. The topological polar surface area (TPSA) is 88.3 Å². The van der Waals surface area contributed by atoms with Gasteiger partial charge in [-0.2, -0.15) is 0 Å². The van der Waals surface area contributed by atoms with Gasteiger partial charge in [-0.3, -0.25) is 10.1 Å². The molecule has 21 heavy (non-hydrogen) atoms. The van der Waals surface area contributed by atoms with E-state index in [1.54, 1.807) is 0 Å². The number of pyridine rings is 1. The molecule has 1 aromatic heterocycles. The van der Waals surface area contributed by atoms with E-state index in [4.69, 9.17) is 0 Å². The zero-order chi connectivity index (χ0) is 15.0. The third kappa shape index (κ3) is 2.84. The molecule has 2 N–H and O–H groups in total. The second-order valence-corrected chi connectivity index (χ2v) is 6.16. The van der Waals surface area contributed by atoms with Crippen molar-refractivity contribution in [3.8, 4) is 0 Å². The number of anilines is 1. The lowest BCUT2D eigenvalue weighted by molar-refractivity contribution is -0.384. The van der Waals surface area contributed by atoms with Crippen LogP contribution in [0.1, 0.15) is 19.3 Å². The molecule has 0 amide bonds. The molecule has 1 aliphatic carbocycles. The van der Waals surface area contributed by atoms with E-state index < -0.39 is 4.92 Å². The van der Waals surface area contributed by atoms with Crippen LogP contribution < -0.4 is 5.32 Å². The summed E-state index contributed by atoms with van der Waals surface area (Å²) in [5.41, 5.74) is 1.14. The standard InChI is InChI=1S/C14H14BrN3O3/c15-8-1-4-12-11(5-8)14(13(7-16-12)18(20)21)17-9-2-3-10(19)6-9/h1,4-5,7,9-10,19H,2-3,6H2,(H,16,17). The Kier molecular flexibility index (Phi) is 3.77. The highest BCUT2D eigenvalue weighted by Gasteiger charge is 2.26. The summed E-state index contributed by atoms with van der Waals surface area (Å²) in [4.78, 5) is 15.0. The van der Waals surface area contributed by atoms with Crippen molar-refractivity contribution in [1.29, 1.82) is 0 Å². The van der Waals surface area contributed by atoms with Gasteiger partial charge in [0.25, 0.3) is 0 Å². The van der Waals surface area contributed by atoms with Crippen molar-refractivity contribution in [2.24, 2.45) is 0 Å². The lowest BCUT2D eigenvalue weighted by Gasteiger charge is -2.15. The normalized spacial score (nSPS) is 21.6. The molecule has 2 aromatic rings. The van der Waals surface area contributed by atoms with Crippen LogP contribution in [0.15, 0.2) is 28.9 Å². The molecule has 0 bridgehead atoms. The largest absolute Gasteiger partial charge is 0.393 e. The maximum absolute atomic E-state index is 11.3. The van der Waals surface area contributed by atoms with Gasteiger partial charge in [0.05, 0.1) is 16.5 Å². The number of aliphatic hydroxyl groups excluding tert-OH is 1. The third-order valence-electron chi connectivity index (χ3n) is 3.76. The highest BCUT2D eigenvalue weighted by molar-refractivity contribution is 9.10. The molecule has 1 aliphatic rings. The van der Waals surface area contributed by atoms with Gasteiger partial charge in [0, 0.05) is 15.9 Å². The number of aromatic nitrogens is 1. The van der Waals surface area contributed by atoms with E-state index in [9.17, 15) is 15.2 Å². The molecule has 7 heteroatoms. The number of nitrogens with one attached hydrogen (secondary N) is 1. The zero-order valence-corrected chi connectivity index (χ0v) is 12.7. The molecule has 0 saturated heterocycles. The van der Waals surface area contributed by atoms with Crippen molar-refractivity contribution in [2.45, 2.75) is 31.4 Å². The van der Waals surface area contributed by atoms with Crippen LogP contribution in [-0.4, -0.2) is 27.2 Å². The van der Waals surface area contributed by atoms with Crippen LogP contribution in [0.4, 0.5) is 11.4 Å². The smallest absolute Gasteiger partial charge is 0.311 e. The van der Waals surface area contributed by atoms with E-state index in [0.717, 1.165) is 17.3 Å². The number of nitro groups is 1. The van der Waals surface area contributed by atoms with Gasteiger partial charge in [-0.05, 0) is 37.5 Å². The number of benzene rings is 1. The van der Waals surface area contributed by atoms with Crippen molar-refractivity contribution in [3.63, 3.8) is 0 Å². The number of hydrogen-bond donors (Lipinski definition) is 2. The predicted octanol–water partition coefficient (Wildman–Crippen LogP) is 3.23. The number of fused-ring (bicyclic) bond motifs is 1. The summed E-state index contributed by atoms with van der Waals surface area (Å²) in [6.45, 7) is 0. The first-order chi connectivity index (χ1) is 10.0. The van der Waals surface area contributed by atoms with Crippen LogP contribution >= 0.6 is 15.9 Å². The average molecular weight is 352 g/mol. The molecular formula is C14H14BrN3O3. The molecule has 1 fully saturated rings. The first-order valence-corrected chi connectivity index (χ1v) is 7.51. The molecule has 0 radical (unpaired) electrons. The fourth-order valence-corrected chi connectivity index (χ4v) is 3.10. The summed E-state index contributed by atoms with van der Waals surface area (Å²) < 4.78 is 0.840. The van der Waals surface area contributed by atoms with Gasteiger partial charge in [-0.25, -0.2) is 4.98 Å². The highest BCUT2D eigenvalue weighted by Crippen LogP contribution is 2.35. The summed E-state index contributed by atoms with van der Waals surface area (Å²) >= 11 is 3.39. The molecular weight excluding hydrogens is 338 g/mol. The van der Waals surface area contributed by atoms with Gasteiger partial charge < -0.3 is 10.4 Å². The van der Waals surface area contributed by atoms with Crippen LogP contribution in [0.25, 0.3) is 10.9 Å². The summed E-state index contributed by atoms with van der Waals surface area (Å²) in [6, 6.07) is 5.54. The van der Waals surface area contributed by atoms with Crippen molar-refractivity contribution in [3.05, 3.63) is 39.0 Å². The first kappa shape index (κ1) is 14.2. The lowest BCUT2D eigenvalue weighted by Crippen LogP contribution is -2.17. The van der Waals surface area contributed by atoms with E-state index in [1.165, 1.54) is 6.20 Å². The minimum Gasteiger partial charge on any atom is -0.393 e. The molecule has 0 spiro atoms. The summed E-state index contributed by atoms with van der Waals surface area (Å²) in [5.74, 6) is 0. The Morgan fingerprint density at radius 2 is 2.24 bits per heavy atom. The molecule has 1 saturated carbocycles. The quantitative estimate of drug-likeness (QED) is 0.654. The monoisotopic (exact) mass is 351 g/mol. The van der Waals surface area contributed by atoms with Crippen LogP contribution in [0.3, 0.4) is 0 Å². The Bertz CT molecular complexity index is 707. The van der Waals surface area contributed by atoms with Crippen LogP contribution in [-0.2, 0) is 0 Å². The Balaban J connectivity index is 2.09.